The Kier molecular flexibility index (Phi) is 9.60. The van der Waals surface area contributed by atoms with Crippen LogP contribution in [0.25, 0.3) is 0 Å². The molecule has 1 spiro atoms. The van der Waals surface area contributed by atoms with Crippen LogP contribution < -0.4 is 0 Å². The first-order chi connectivity index (χ1) is 24.1. The van der Waals surface area contributed by atoms with Crippen LogP contribution >= 0.6 is 0 Å². The minimum Gasteiger partial charge on any atom is -0.388 e. The van der Waals surface area contributed by atoms with E-state index in [0.717, 1.165) is 58.0 Å². The summed E-state index contributed by atoms with van der Waals surface area (Å²) in [4.78, 5) is 14.5. The minimum absolute atomic E-state index is 0.0288. The number of aliphatic hydroxyl groups excluding tert-OH is 5. The van der Waals surface area contributed by atoms with Gasteiger partial charge < -0.3 is 54.0 Å². The van der Waals surface area contributed by atoms with Gasteiger partial charge in [0.2, 0.25) is 0 Å². The maximum absolute atomic E-state index is 14.5. The van der Waals surface area contributed by atoms with Gasteiger partial charge in [-0.3, -0.25) is 4.79 Å². The number of hydrogen-bond donors (Lipinski definition) is 5. The van der Waals surface area contributed by atoms with Crippen molar-refractivity contribution in [2.45, 2.75) is 179 Å². The van der Waals surface area contributed by atoms with Gasteiger partial charge in [0.25, 0.3) is 0 Å². The number of fused-ring (bicyclic) bond motifs is 7. The van der Waals surface area contributed by atoms with E-state index in [1.54, 1.807) is 13.8 Å². The molecule has 51 heavy (non-hydrogen) atoms. The van der Waals surface area contributed by atoms with Gasteiger partial charge >= 0.3 is 0 Å². The zero-order valence-corrected chi connectivity index (χ0v) is 31.1. The molecule has 4 aliphatic carbocycles. The Labute approximate surface area is 301 Å². The van der Waals surface area contributed by atoms with Crippen LogP contribution in [0.4, 0.5) is 0 Å². The van der Waals surface area contributed by atoms with Crippen molar-refractivity contribution in [1.29, 1.82) is 0 Å². The summed E-state index contributed by atoms with van der Waals surface area (Å²) in [5.41, 5.74) is -0.196. The average Bonchev–Trinajstić information content (AvgIpc) is 3.53. The lowest BCUT2D eigenvalue weighted by molar-refractivity contribution is -0.357. The smallest absolute Gasteiger partial charge is 0.187 e. The second-order valence-electron chi connectivity index (χ2n) is 18.7. The molecule has 4 aliphatic heterocycles. The molecule has 0 aromatic carbocycles. The Hall–Kier alpha value is -0.770. The third kappa shape index (κ3) is 5.75. The Balaban J connectivity index is 0.904. The lowest BCUT2D eigenvalue weighted by atomic mass is 9.44. The number of carbonyl (C=O) groups is 1. The summed E-state index contributed by atoms with van der Waals surface area (Å²) < 4.78 is 37.2. The fraction of sp³-hybridized carbons (Fsp3) is 0.974. The molecule has 0 aromatic heterocycles. The number of rotatable bonds is 4. The molecule has 12 heteroatoms. The summed E-state index contributed by atoms with van der Waals surface area (Å²) in [6.45, 7) is 13.3. The van der Waals surface area contributed by atoms with Crippen LogP contribution in [0.3, 0.4) is 0 Å². The lowest BCUT2D eigenvalue weighted by Crippen LogP contribution is -2.63. The van der Waals surface area contributed by atoms with Crippen molar-refractivity contribution < 1.29 is 58.7 Å². The summed E-state index contributed by atoms with van der Waals surface area (Å²) in [5, 5.41) is 52.9. The average molecular weight is 723 g/mol. The van der Waals surface area contributed by atoms with E-state index in [1.165, 1.54) is 0 Å². The van der Waals surface area contributed by atoms with Gasteiger partial charge in [-0.1, -0.05) is 27.7 Å². The topological polar surface area (TPSA) is 174 Å². The number of ketones is 1. The first kappa shape index (κ1) is 37.2. The van der Waals surface area contributed by atoms with Crippen LogP contribution in [-0.4, -0.2) is 117 Å². The molecule has 3 unspecified atom stereocenters. The van der Waals surface area contributed by atoms with Crippen LogP contribution in [0, 0.1) is 52.3 Å². The molecule has 290 valence electrons. The molecule has 0 amide bonds. The molecule has 5 N–H and O–H groups in total. The highest BCUT2D eigenvalue weighted by Gasteiger charge is 2.71. The third-order valence-corrected chi connectivity index (χ3v) is 15.8. The van der Waals surface area contributed by atoms with Gasteiger partial charge in [0.05, 0.1) is 31.0 Å². The number of ether oxygens (including phenoxy) is 6. The Morgan fingerprint density at radius 3 is 2.18 bits per heavy atom. The Bertz CT molecular complexity index is 1310. The lowest BCUT2D eigenvalue weighted by Gasteiger charge is -2.60. The number of hydrogen-bond acceptors (Lipinski definition) is 12. The van der Waals surface area contributed by atoms with E-state index < -0.39 is 67.2 Å². The van der Waals surface area contributed by atoms with E-state index >= 15 is 0 Å². The maximum atomic E-state index is 14.5. The van der Waals surface area contributed by atoms with E-state index in [0.29, 0.717) is 41.8 Å². The molecule has 0 aromatic rings. The van der Waals surface area contributed by atoms with Crippen LogP contribution in [0.2, 0.25) is 0 Å². The fourth-order valence-electron chi connectivity index (χ4n) is 13.0. The van der Waals surface area contributed by atoms with Crippen LogP contribution in [-0.2, 0) is 33.2 Å². The summed E-state index contributed by atoms with van der Waals surface area (Å²) in [6.07, 6.45) is -4.14. The second-order valence-corrected chi connectivity index (χ2v) is 18.7. The molecular weight excluding hydrogens is 660 g/mol. The zero-order valence-electron chi connectivity index (χ0n) is 31.1. The molecule has 4 saturated heterocycles. The van der Waals surface area contributed by atoms with Crippen molar-refractivity contribution in [3.63, 3.8) is 0 Å². The first-order valence-corrected chi connectivity index (χ1v) is 19.9. The van der Waals surface area contributed by atoms with Gasteiger partial charge in [-0.15, -0.1) is 0 Å². The first-order valence-electron chi connectivity index (χ1n) is 19.9. The summed E-state index contributed by atoms with van der Waals surface area (Å²) >= 11 is 0. The van der Waals surface area contributed by atoms with Crippen molar-refractivity contribution in [2.24, 2.45) is 52.3 Å². The van der Waals surface area contributed by atoms with Crippen LogP contribution in [0.5, 0.6) is 0 Å². The fourth-order valence-corrected chi connectivity index (χ4v) is 13.0. The van der Waals surface area contributed by atoms with Crippen molar-refractivity contribution in [3.8, 4) is 0 Å². The number of carbonyl (C=O) groups excluding carboxylic acids is 1. The third-order valence-electron chi connectivity index (χ3n) is 15.8. The molecule has 22 atom stereocenters. The van der Waals surface area contributed by atoms with Crippen LogP contribution in [0.1, 0.15) is 99.3 Å². The van der Waals surface area contributed by atoms with Crippen molar-refractivity contribution in [2.75, 3.05) is 6.61 Å². The monoisotopic (exact) mass is 722 g/mol. The van der Waals surface area contributed by atoms with Gasteiger partial charge in [-0.25, -0.2) is 0 Å². The standard InChI is InChI=1S/C39H62O12/c1-17-9-12-39(46-16-17)18(2)27-26(51-39)14-24-23-8-7-21-13-22(10-11-37(21,5)28(23)25(40)15-38(24,27)6)49-35-33(45)31(43)34(20(4)48-35)50-36-32(44)30(42)29(41)19(3)47-36/h17-24,26-36,41-45H,7-16H2,1-6H3/t17-,18?,19-,20-,21+,22+,23+,24+,26?,27?,28-,29-,30+,31-,32-,33-,34-,35+,36+,37+,38+,39-/m1/s1. The Morgan fingerprint density at radius 1 is 0.745 bits per heavy atom. The highest BCUT2D eigenvalue weighted by atomic mass is 16.7. The minimum atomic E-state index is -1.55. The predicted molar refractivity (Wildman–Crippen MR) is 181 cm³/mol. The number of aliphatic hydroxyl groups is 5. The zero-order chi connectivity index (χ0) is 36.4. The Morgan fingerprint density at radius 2 is 1.45 bits per heavy atom. The quantitative estimate of drug-likeness (QED) is 0.269. The summed E-state index contributed by atoms with van der Waals surface area (Å²) in [7, 11) is 0. The highest BCUT2D eigenvalue weighted by Crippen LogP contribution is 2.70. The molecule has 0 bridgehead atoms. The van der Waals surface area contributed by atoms with E-state index in [1.807, 2.05) is 0 Å². The predicted octanol–water partition coefficient (Wildman–Crippen LogP) is 2.68. The maximum Gasteiger partial charge on any atom is 0.187 e. The van der Waals surface area contributed by atoms with Crippen molar-refractivity contribution >= 4 is 5.78 Å². The van der Waals surface area contributed by atoms with E-state index in [4.69, 9.17) is 28.4 Å². The van der Waals surface area contributed by atoms with E-state index in [-0.39, 0.29) is 34.9 Å². The normalized spacial score (nSPS) is 60.0. The van der Waals surface area contributed by atoms with Crippen LogP contribution in [0.15, 0.2) is 0 Å². The van der Waals surface area contributed by atoms with E-state index in [9.17, 15) is 30.3 Å². The largest absolute Gasteiger partial charge is 0.388 e. The van der Waals surface area contributed by atoms with Crippen molar-refractivity contribution in [1.82, 2.24) is 0 Å². The SMILES string of the molecule is CC1C2C(C[C@H]3[C@@H]4CC[C@H]5C[C@@H](O[C@@H]6O[C@H](C)[C@@H](O[C@@H]7O[C@H](C)[C@@H](O)[C@H](O)[C@H]7O)[C@H](O)[C@H]6O)CC[C@]5(C)[C@H]4C(=O)C[C@]23C)O[C@]12CC[C@@H](C)CO2. The summed E-state index contributed by atoms with van der Waals surface area (Å²) in [5.74, 6) is 2.25. The van der Waals surface area contributed by atoms with Gasteiger partial charge in [0, 0.05) is 24.7 Å². The molecular formula is C39H62O12. The molecule has 8 aliphatic rings. The van der Waals surface area contributed by atoms with Gasteiger partial charge in [0.15, 0.2) is 18.4 Å². The highest BCUT2D eigenvalue weighted by molar-refractivity contribution is 5.84. The summed E-state index contributed by atoms with van der Waals surface area (Å²) in [6, 6.07) is 0. The molecule has 8 fully saturated rings. The van der Waals surface area contributed by atoms with Crippen molar-refractivity contribution in [3.05, 3.63) is 0 Å². The molecule has 12 nitrogen and oxygen atoms in total. The molecule has 4 heterocycles. The van der Waals surface area contributed by atoms with Gasteiger partial charge in [0.1, 0.15) is 42.4 Å². The number of Topliss-reactive ketones (excluding diaryl/α,β-unsaturated/α-hetero) is 1. The molecule has 0 radical (unpaired) electrons. The van der Waals surface area contributed by atoms with E-state index in [2.05, 4.69) is 27.7 Å². The van der Waals surface area contributed by atoms with Gasteiger partial charge in [-0.05, 0) is 99.2 Å². The van der Waals surface area contributed by atoms with Gasteiger partial charge in [-0.2, -0.15) is 0 Å². The second kappa shape index (κ2) is 13.2. The molecule has 8 rings (SSSR count). The molecule has 4 saturated carbocycles.